The molecule has 3 N–H and O–H groups in total. The fourth-order valence-corrected chi connectivity index (χ4v) is 2.22. The lowest BCUT2D eigenvalue weighted by Crippen LogP contribution is -2.53. The molecular weight excluding hydrogens is 294 g/mol. The number of likely N-dealkylation sites (N-methyl/N-ethyl adjacent to an activating group) is 1. The fourth-order valence-electron chi connectivity index (χ4n) is 2.22. The Morgan fingerprint density at radius 3 is 2.10 bits per heavy atom. The summed E-state index contributed by atoms with van der Waals surface area (Å²) in [6.45, 7) is 0. The Hall–Kier alpha value is -1.03. The van der Waals surface area contributed by atoms with Crippen LogP contribution in [-0.2, 0) is 9.53 Å². The summed E-state index contributed by atoms with van der Waals surface area (Å²) >= 11 is 0. The molecule has 0 aromatic rings. The molecule has 20 heavy (non-hydrogen) atoms. The molecule has 0 spiro atoms. The molecule has 0 aromatic heterocycles. The van der Waals surface area contributed by atoms with Crippen LogP contribution in [0.4, 0.5) is 26.3 Å². The molecule has 1 aliphatic carbocycles. The third-order valence-corrected chi connectivity index (χ3v) is 3.34. The van der Waals surface area contributed by atoms with Crippen LogP contribution in [-0.4, -0.2) is 43.1 Å². The molecule has 0 aliphatic heterocycles. The highest BCUT2D eigenvalue weighted by molar-refractivity contribution is 5.85. The summed E-state index contributed by atoms with van der Waals surface area (Å²) in [7, 11) is 1.36. The summed E-state index contributed by atoms with van der Waals surface area (Å²) in [6, 6.07) is 0. The van der Waals surface area contributed by atoms with E-state index in [9.17, 15) is 31.1 Å². The van der Waals surface area contributed by atoms with Crippen molar-refractivity contribution in [1.29, 1.82) is 0 Å². The Morgan fingerprint density at radius 2 is 1.80 bits per heavy atom. The number of carbonyl (C=O) groups is 1. The minimum atomic E-state index is -5.56. The number of nitrogens with two attached hydrogens (primary N) is 1. The van der Waals surface area contributed by atoms with Gasteiger partial charge in [0.05, 0.1) is 11.6 Å². The van der Waals surface area contributed by atoms with E-state index in [2.05, 4.69) is 10.1 Å². The van der Waals surface area contributed by atoms with Gasteiger partial charge in [-0.25, -0.2) is 0 Å². The molecule has 4 nitrogen and oxygen atoms in total. The molecule has 1 fully saturated rings. The molecule has 0 aromatic carbocycles. The Balaban J connectivity index is 2.81. The van der Waals surface area contributed by atoms with Gasteiger partial charge in [-0.1, -0.05) is 0 Å². The van der Waals surface area contributed by atoms with Gasteiger partial charge in [-0.05, 0) is 19.9 Å². The van der Waals surface area contributed by atoms with Gasteiger partial charge < -0.3 is 15.8 Å². The molecule has 0 heterocycles. The van der Waals surface area contributed by atoms with Crippen molar-refractivity contribution in [2.75, 3.05) is 7.05 Å². The minimum absolute atomic E-state index is 0.0198. The summed E-state index contributed by atoms with van der Waals surface area (Å²) in [5.41, 5.74) is 3.78. The van der Waals surface area contributed by atoms with Crippen LogP contribution in [0.2, 0.25) is 0 Å². The lowest BCUT2D eigenvalue weighted by Gasteiger charge is -2.28. The molecule has 1 aliphatic rings. The molecule has 2 atom stereocenters. The maximum absolute atomic E-state index is 12.4. The van der Waals surface area contributed by atoms with Crippen LogP contribution in [0.3, 0.4) is 0 Å². The zero-order valence-electron chi connectivity index (χ0n) is 10.4. The van der Waals surface area contributed by atoms with Crippen LogP contribution >= 0.6 is 0 Å². The van der Waals surface area contributed by atoms with E-state index in [-0.39, 0.29) is 19.3 Å². The first kappa shape index (κ1) is 17.0. The normalized spacial score (nSPS) is 28.1. The van der Waals surface area contributed by atoms with E-state index in [1.807, 2.05) is 0 Å². The molecule has 2 unspecified atom stereocenters. The molecule has 1 amide bonds. The van der Waals surface area contributed by atoms with Gasteiger partial charge in [0.1, 0.15) is 0 Å². The number of ether oxygens (including phenoxy) is 1. The monoisotopic (exact) mass is 308 g/mol. The number of primary amides is 1. The molecule has 0 saturated heterocycles. The van der Waals surface area contributed by atoms with Crippen molar-refractivity contribution in [2.24, 2.45) is 5.73 Å². The van der Waals surface area contributed by atoms with Gasteiger partial charge in [0.25, 0.3) is 0 Å². The lowest BCUT2D eigenvalue weighted by molar-refractivity contribution is -0.330. The second kappa shape index (κ2) is 5.40. The van der Waals surface area contributed by atoms with Gasteiger partial charge in [0.2, 0.25) is 12.0 Å². The van der Waals surface area contributed by atoms with Crippen molar-refractivity contribution in [3.8, 4) is 0 Å². The Morgan fingerprint density at radius 1 is 1.30 bits per heavy atom. The summed E-state index contributed by atoms with van der Waals surface area (Å²) in [5, 5.41) is 2.54. The van der Waals surface area contributed by atoms with Gasteiger partial charge >= 0.3 is 12.4 Å². The highest BCUT2D eigenvalue weighted by Gasteiger charge is 2.59. The summed E-state index contributed by atoms with van der Waals surface area (Å²) < 4.78 is 78.3. The van der Waals surface area contributed by atoms with Crippen LogP contribution in [0, 0.1) is 0 Å². The van der Waals surface area contributed by atoms with E-state index in [1.165, 1.54) is 7.05 Å². The zero-order valence-corrected chi connectivity index (χ0v) is 10.4. The second-order valence-corrected chi connectivity index (χ2v) is 4.66. The minimum Gasteiger partial charge on any atom is -0.368 e. The summed E-state index contributed by atoms with van der Waals surface area (Å²) in [4.78, 5) is 11.2. The first-order chi connectivity index (χ1) is 8.92. The topological polar surface area (TPSA) is 64.3 Å². The highest BCUT2D eigenvalue weighted by atomic mass is 19.4. The Kier molecular flexibility index (Phi) is 4.59. The number of hydrogen-bond acceptors (Lipinski definition) is 3. The molecule has 1 rings (SSSR count). The number of alkyl halides is 6. The SMILES string of the molecule is CNC1(C(N)=O)CCC(OC(C(F)(F)F)C(F)(F)F)C1. The molecule has 0 bridgehead atoms. The number of hydrogen-bond donors (Lipinski definition) is 2. The summed E-state index contributed by atoms with van der Waals surface area (Å²) in [6.07, 6.45) is -16.8. The van der Waals surface area contributed by atoms with Crippen LogP contribution in [0.1, 0.15) is 19.3 Å². The van der Waals surface area contributed by atoms with Crippen molar-refractivity contribution in [3.63, 3.8) is 0 Å². The maximum atomic E-state index is 12.4. The second-order valence-electron chi connectivity index (χ2n) is 4.66. The van der Waals surface area contributed by atoms with E-state index < -0.39 is 36.0 Å². The Bertz CT molecular complexity index is 356. The standard InChI is InChI=1S/C10H14F6N2O2/c1-18-8(7(17)19)3-2-5(4-8)20-6(9(11,12)13)10(14,15)16/h5-6,18H,2-4H2,1H3,(H2,17,19). The average Bonchev–Trinajstić information content (AvgIpc) is 2.67. The van der Waals surface area contributed by atoms with Gasteiger partial charge in [-0.2, -0.15) is 26.3 Å². The van der Waals surface area contributed by atoms with Gasteiger partial charge in [0.15, 0.2) is 0 Å². The molecule has 10 heteroatoms. The smallest absolute Gasteiger partial charge is 0.368 e. The number of nitrogens with one attached hydrogen (secondary N) is 1. The van der Waals surface area contributed by atoms with Crippen LogP contribution in [0.15, 0.2) is 0 Å². The predicted molar refractivity (Wildman–Crippen MR) is 55.6 cm³/mol. The van der Waals surface area contributed by atoms with E-state index in [0.29, 0.717) is 0 Å². The molecule has 118 valence electrons. The van der Waals surface area contributed by atoms with E-state index in [0.717, 1.165) is 0 Å². The first-order valence-electron chi connectivity index (χ1n) is 5.70. The predicted octanol–water partition coefficient (Wildman–Crippen LogP) is 1.49. The largest absolute Gasteiger partial charge is 0.423 e. The van der Waals surface area contributed by atoms with Crippen molar-refractivity contribution < 1.29 is 35.9 Å². The van der Waals surface area contributed by atoms with Gasteiger partial charge in [-0.15, -0.1) is 0 Å². The van der Waals surface area contributed by atoms with Crippen molar-refractivity contribution in [3.05, 3.63) is 0 Å². The van der Waals surface area contributed by atoms with Crippen molar-refractivity contribution in [1.82, 2.24) is 5.32 Å². The fraction of sp³-hybridized carbons (Fsp3) is 0.900. The van der Waals surface area contributed by atoms with Crippen LogP contribution in [0.5, 0.6) is 0 Å². The highest BCUT2D eigenvalue weighted by Crippen LogP contribution is 2.40. The maximum Gasteiger partial charge on any atom is 0.423 e. The quantitative estimate of drug-likeness (QED) is 0.774. The molecule has 1 saturated carbocycles. The third kappa shape index (κ3) is 3.54. The molecule has 0 radical (unpaired) electrons. The average molecular weight is 308 g/mol. The van der Waals surface area contributed by atoms with E-state index >= 15 is 0 Å². The van der Waals surface area contributed by atoms with E-state index in [1.54, 1.807) is 0 Å². The van der Waals surface area contributed by atoms with Crippen molar-refractivity contribution >= 4 is 5.91 Å². The van der Waals surface area contributed by atoms with Crippen LogP contribution in [0.25, 0.3) is 0 Å². The van der Waals surface area contributed by atoms with Crippen molar-refractivity contribution in [2.45, 2.75) is 49.4 Å². The number of carbonyl (C=O) groups excluding carboxylic acids is 1. The number of halogens is 6. The summed E-state index contributed by atoms with van der Waals surface area (Å²) in [5.74, 6) is -0.832. The zero-order chi connectivity index (χ0) is 15.8. The number of amides is 1. The van der Waals surface area contributed by atoms with Crippen LogP contribution < -0.4 is 11.1 Å². The van der Waals surface area contributed by atoms with E-state index in [4.69, 9.17) is 5.73 Å². The lowest BCUT2D eigenvalue weighted by atomic mass is 9.97. The third-order valence-electron chi connectivity index (χ3n) is 3.34. The Labute approximate surface area is 110 Å². The van der Waals surface area contributed by atoms with Gasteiger partial charge in [-0.3, -0.25) is 4.79 Å². The van der Waals surface area contributed by atoms with Gasteiger partial charge in [0, 0.05) is 6.42 Å². The number of rotatable bonds is 4. The molecular formula is C10H14F6N2O2. The first-order valence-corrected chi connectivity index (χ1v) is 5.70.